The molecule has 68 valence electrons. The summed E-state index contributed by atoms with van der Waals surface area (Å²) in [6, 6.07) is 0. The highest BCUT2D eigenvalue weighted by Crippen LogP contribution is 2.03. The van der Waals surface area contributed by atoms with Crippen molar-refractivity contribution in [3.05, 3.63) is 0 Å². The van der Waals surface area contributed by atoms with E-state index >= 15 is 0 Å². The Bertz CT molecular complexity index is 88.6. The molecule has 11 heavy (non-hydrogen) atoms. The van der Waals surface area contributed by atoms with Crippen LogP contribution in [0.2, 0.25) is 19.6 Å². The van der Waals surface area contributed by atoms with Gasteiger partial charge in [0, 0.05) is 20.3 Å². The number of methoxy groups -OCH3 is 1. The lowest BCUT2D eigenvalue weighted by atomic mass is 10.3. The molecule has 0 aliphatic carbocycles. The van der Waals surface area contributed by atoms with Crippen LogP contribution in [0.25, 0.3) is 0 Å². The molecule has 2 nitrogen and oxygen atoms in total. The van der Waals surface area contributed by atoms with Gasteiger partial charge in [-0.2, -0.15) is 0 Å². The van der Waals surface area contributed by atoms with Crippen LogP contribution < -0.4 is 0 Å². The van der Waals surface area contributed by atoms with Crippen molar-refractivity contribution in [2.75, 3.05) is 20.3 Å². The Labute approximate surface area is 71.0 Å². The van der Waals surface area contributed by atoms with Crippen molar-refractivity contribution in [2.24, 2.45) is 0 Å². The van der Waals surface area contributed by atoms with E-state index in [2.05, 4.69) is 19.6 Å². The molecule has 0 saturated heterocycles. The summed E-state index contributed by atoms with van der Waals surface area (Å²) in [5.41, 5.74) is 0. The minimum Gasteiger partial charge on any atom is -0.418 e. The van der Waals surface area contributed by atoms with Gasteiger partial charge in [-0.15, -0.1) is 0 Å². The molecule has 0 aromatic rings. The monoisotopic (exact) mass is 176 g/mol. The number of ether oxygens (including phenoxy) is 1. The van der Waals surface area contributed by atoms with Gasteiger partial charge in [0.1, 0.15) is 0 Å². The highest BCUT2D eigenvalue weighted by atomic mass is 28.4. The van der Waals surface area contributed by atoms with Crippen LogP contribution in [0.1, 0.15) is 12.8 Å². The van der Waals surface area contributed by atoms with E-state index in [1.54, 1.807) is 7.11 Å². The molecule has 0 rings (SSSR count). The topological polar surface area (TPSA) is 18.5 Å². The fourth-order valence-corrected chi connectivity index (χ4v) is 1.48. The van der Waals surface area contributed by atoms with Crippen molar-refractivity contribution < 1.29 is 9.16 Å². The number of rotatable bonds is 6. The van der Waals surface area contributed by atoms with E-state index in [1.165, 1.54) is 0 Å². The lowest BCUT2D eigenvalue weighted by Crippen LogP contribution is -2.25. The van der Waals surface area contributed by atoms with Gasteiger partial charge in [0.15, 0.2) is 8.32 Å². The van der Waals surface area contributed by atoms with Gasteiger partial charge in [-0.3, -0.25) is 0 Å². The quantitative estimate of drug-likeness (QED) is 0.456. The van der Waals surface area contributed by atoms with E-state index < -0.39 is 8.32 Å². The van der Waals surface area contributed by atoms with Crippen LogP contribution in [-0.2, 0) is 9.16 Å². The van der Waals surface area contributed by atoms with Gasteiger partial charge < -0.3 is 9.16 Å². The van der Waals surface area contributed by atoms with Gasteiger partial charge in [-0.25, -0.2) is 0 Å². The average Bonchev–Trinajstić information content (AvgIpc) is 1.85. The second kappa shape index (κ2) is 5.74. The molecule has 0 unspecified atom stereocenters. The summed E-state index contributed by atoms with van der Waals surface area (Å²) in [7, 11) is 0.477. The van der Waals surface area contributed by atoms with Crippen LogP contribution in [0.5, 0.6) is 0 Å². The maximum atomic E-state index is 5.66. The van der Waals surface area contributed by atoms with Gasteiger partial charge in [-0.05, 0) is 32.5 Å². The summed E-state index contributed by atoms with van der Waals surface area (Å²) in [5.74, 6) is 0. The molecule has 0 amide bonds. The molecule has 0 saturated carbocycles. The van der Waals surface area contributed by atoms with Crippen molar-refractivity contribution in [3.8, 4) is 0 Å². The Hall–Kier alpha value is 0.137. The first kappa shape index (κ1) is 11.1. The molecule has 0 fully saturated rings. The van der Waals surface area contributed by atoms with Crippen LogP contribution in [0.15, 0.2) is 0 Å². The lowest BCUT2D eigenvalue weighted by Gasteiger charge is -2.16. The van der Waals surface area contributed by atoms with Crippen molar-refractivity contribution in [1.82, 2.24) is 0 Å². The molecule has 0 aliphatic rings. The second-order valence-electron chi connectivity index (χ2n) is 3.66. The van der Waals surface area contributed by atoms with Gasteiger partial charge in [0.2, 0.25) is 0 Å². The molecule has 0 aliphatic heterocycles. The Morgan fingerprint density at radius 1 is 1.00 bits per heavy atom. The zero-order valence-corrected chi connectivity index (χ0v) is 9.14. The van der Waals surface area contributed by atoms with E-state index in [1.807, 2.05) is 0 Å². The van der Waals surface area contributed by atoms with Crippen molar-refractivity contribution in [2.45, 2.75) is 32.5 Å². The minimum atomic E-state index is -1.26. The number of unbranched alkanes of at least 4 members (excludes halogenated alkanes) is 1. The van der Waals surface area contributed by atoms with Gasteiger partial charge in [-0.1, -0.05) is 0 Å². The third-order valence-corrected chi connectivity index (χ3v) is 2.35. The third-order valence-electron chi connectivity index (χ3n) is 1.28. The zero-order chi connectivity index (χ0) is 8.74. The van der Waals surface area contributed by atoms with Crippen LogP contribution in [-0.4, -0.2) is 28.6 Å². The molecule has 0 spiro atoms. The largest absolute Gasteiger partial charge is 0.418 e. The summed E-state index contributed by atoms with van der Waals surface area (Å²) >= 11 is 0. The summed E-state index contributed by atoms with van der Waals surface area (Å²) in [4.78, 5) is 0. The highest BCUT2D eigenvalue weighted by Gasteiger charge is 2.12. The van der Waals surface area contributed by atoms with Crippen LogP contribution >= 0.6 is 0 Å². The molecule has 0 aromatic heterocycles. The fourth-order valence-electron chi connectivity index (χ4n) is 0.727. The van der Waals surface area contributed by atoms with Gasteiger partial charge in [0.25, 0.3) is 0 Å². The minimum absolute atomic E-state index is 0.856. The smallest absolute Gasteiger partial charge is 0.183 e. The average molecular weight is 176 g/mol. The van der Waals surface area contributed by atoms with Crippen molar-refractivity contribution >= 4 is 8.32 Å². The predicted octanol–water partition coefficient (Wildman–Crippen LogP) is 2.26. The fraction of sp³-hybridized carbons (Fsp3) is 1.00. The van der Waals surface area contributed by atoms with Gasteiger partial charge in [0.05, 0.1) is 0 Å². The molecule has 0 radical (unpaired) electrons. The molecular weight excluding hydrogens is 156 g/mol. The van der Waals surface area contributed by atoms with Crippen molar-refractivity contribution in [3.63, 3.8) is 0 Å². The maximum absolute atomic E-state index is 5.66. The summed E-state index contributed by atoms with van der Waals surface area (Å²) in [6.45, 7) is 8.39. The van der Waals surface area contributed by atoms with Crippen molar-refractivity contribution in [1.29, 1.82) is 0 Å². The summed E-state index contributed by atoms with van der Waals surface area (Å²) in [5, 5.41) is 0. The third kappa shape index (κ3) is 10.1. The Morgan fingerprint density at radius 2 is 1.55 bits per heavy atom. The normalized spacial score (nSPS) is 12.0. The van der Waals surface area contributed by atoms with Crippen LogP contribution in [0, 0.1) is 0 Å². The Balaban J connectivity index is 3.02. The van der Waals surface area contributed by atoms with E-state index in [-0.39, 0.29) is 0 Å². The Morgan fingerprint density at radius 3 is 2.00 bits per heavy atom. The molecular formula is C8H20O2Si. The molecule has 0 aromatic carbocycles. The first-order chi connectivity index (χ1) is 5.06. The molecule has 0 N–H and O–H groups in total. The second-order valence-corrected chi connectivity index (χ2v) is 8.17. The van der Waals surface area contributed by atoms with E-state index in [0.717, 1.165) is 26.1 Å². The summed E-state index contributed by atoms with van der Waals surface area (Å²) in [6.07, 6.45) is 2.24. The Kier molecular flexibility index (Phi) is 5.82. The first-order valence-corrected chi connectivity index (χ1v) is 7.60. The first-order valence-electron chi connectivity index (χ1n) is 4.19. The predicted molar refractivity (Wildman–Crippen MR) is 50.4 cm³/mol. The van der Waals surface area contributed by atoms with E-state index in [9.17, 15) is 0 Å². The van der Waals surface area contributed by atoms with E-state index in [0.29, 0.717) is 0 Å². The molecule has 3 heteroatoms. The lowest BCUT2D eigenvalue weighted by molar-refractivity contribution is 0.183. The van der Waals surface area contributed by atoms with E-state index in [4.69, 9.17) is 9.16 Å². The standard InChI is InChI=1S/C8H20O2Si/c1-9-7-5-6-8-10-11(2,3)4/h5-8H2,1-4H3. The summed E-state index contributed by atoms with van der Waals surface area (Å²) < 4.78 is 10.6. The van der Waals surface area contributed by atoms with Crippen LogP contribution in [0.3, 0.4) is 0 Å². The molecule has 0 atom stereocenters. The molecule has 0 bridgehead atoms. The highest BCUT2D eigenvalue weighted by molar-refractivity contribution is 6.69. The maximum Gasteiger partial charge on any atom is 0.183 e. The number of hydrogen-bond acceptors (Lipinski definition) is 2. The zero-order valence-electron chi connectivity index (χ0n) is 8.14. The number of hydrogen-bond donors (Lipinski definition) is 0. The SMILES string of the molecule is COCCCCO[Si](C)(C)C. The van der Waals surface area contributed by atoms with Crippen LogP contribution in [0.4, 0.5) is 0 Å². The van der Waals surface area contributed by atoms with Gasteiger partial charge >= 0.3 is 0 Å². The molecule has 0 heterocycles.